The predicted octanol–water partition coefficient (Wildman–Crippen LogP) is 2.43. The molecule has 4 nitrogen and oxygen atoms in total. The fraction of sp³-hybridized carbons (Fsp3) is 0.833. The van der Waals surface area contributed by atoms with E-state index in [4.69, 9.17) is 4.74 Å². The molecule has 92 valence electrons. The minimum absolute atomic E-state index is 0.120. The van der Waals surface area contributed by atoms with Crippen LogP contribution in [-0.4, -0.2) is 29.5 Å². The Morgan fingerprint density at radius 1 is 1.56 bits per heavy atom. The Kier molecular flexibility index (Phi) is 3.61. The molecule has 0 radical (unpaired) electrons. The van der Waals surface area contributed by atoms with Gasteiger partial charge in [-0.25, -0.2) is 9.69 Å². The highest BCUT2D eigenvalue weighted by atomic mass is 16.6. The predicted molar refractivity (Wildman–Crippen MR) is 60.9 cm³/mol. The number of nitrogens with zero attached hydrogens (tertiary/aromatic N) is 1. The molecule has 0 saturated carbocycles. The number of hydrogen-bond acceptors (Lipinski definition) is 3. The smallest absolute Gasteiger partial charge is 0.417 e. The SMILES string of the molecule is CC[C@@H](C)C(=O)N1C(=O)OC[C@@H]1C(C)(C)C. The van der Waals surface area contributed by atoms with Crippen LogP contribution in [0.2, 0.25) is 0 Å². The molecule has 0 spiro atoms. The number of hydrogen-bond donors (Lipinski definition) is 0. The van der Waals surface area contributed by atoms with E-state index < -0.39 is 6.09 Å². The normalized spacial score (nSPS) is 23.2. The number of carbonyl (C=O) groups excluding carboxylic acids is 2. The van der Waals surface area contributed by atoms with Gasteiger partial charge in [0, 0.05) is 5.92 Å². The third-order valence-electron chi connectivity index (χ3n) is 3.14. The maximum Gasteiger partial charge on any atom is 0.417 e. The van der Waals surface area contributed by atoms with Gasteiger partial charge in [-0.1, -0.05) is 34.6 Å². The zero-order valence-electron chi connectivity index (χ0n) is 10.7. The summed E-state index contributed by atoms with van der Waals surface area (Å²) in [6.07, 6.45) is 0.240. The second kappa shape index (κ2) is 4.44. The van der Waals surface area contributed by atoms with E-state index in [2.05, 4.69) is 0 Å². The van der Waals surface area contributed by atoms with Crippen LogP contribution in [0, 0.1) is 11.3 Å². The fourth-order valence-corrected chi connectivity index (χ4v) is 1.71. The van der Waals surface area contributed by atoms with E-state index in [0.29, 0.717) is 6.61 Å². The van der Waals surface area contributed by atoms with Crippen LogP contribution >= 0.6 is 0 Å². The van der Waals surface area contributed by atoms with Crippen LogP contribution in [0.25, 0.3) is 0 Å². The maximum absolute atomic E-state index is 12.1. The van der Waals surface area contributed by atoms with E-state index in [1.807, 2.05) is 34.6 Å². The van der Waals surface area contributed by atoms with Gasteiger partial charge in [-0.2, -0.15) is 0 Å². The molecule has 2 atom stereocenters. The van der Waals surface area contributed by atoms with Crippen molar-refractivity contribution in [1.82, 2.24) is 4.90 Å². The quantitative estimate of drug-likeness (QED) is 0.727. The van der Waals surface area contributed by atoms with Crippen molar-refractivity contribution < 1.29 is 14.3 Å². The molecular weight excluding hydrogens is 206 g/mol. The average Bonchev–Trinajstić information content (AvgIpc) is 2.57. The van der Waals surface area contributed by atoms with Crippen LogP contribution < -0.4 is 0 Å². The third-order valence-corrected chi connectivity index (χ3v) is 3.14. The topological polar surface area (TPSA) is 46.6 Å². The molecule has 0 aliphatic carbocycles. The van der Waals surface area contributed by atoms with Crippen molar-refractivity contribution in [3.8, 4) is 0 Å². The molecular formula is C12H21NO3. The zero-order valence-corrected chi connectivity index (χ0v) is 10.7. The molecule has 0 N–H and O–H groups in total. The van der Waals surface area contributed by atoms with Crippen molar-refractivity contribution in [3.05, 3.63) is 0 Å². The van der Waals surface area contributed by atoms with Gasteiger partial charge in [0.2, 0.25) is 5.91 Å². The number of amides is 2. The molecule has 1 aliphatic heterocycles. The van der Waals surface area contributed by atoms with Crippen LogP contribution in [0.5, 0.6) is 0 Å². The van der Waals surface area contributed by atoms with Gasteiger partial charge in [-0.3, -0.25) is 4.79 Å². The minimum Gasteiger partial charge on any atom is -0.447 e. The largest absolute Gasteiger partial charge is 0.447 e. The van der Waals surface area contributed by atoms with E-state index in [9.17, 15) is 9.59 Å². The van der Waals surface area contributed by atoms with Gasteiger partial charge >= 0.3 is 6.09 Å². The van der Waals surface area contributed by atoms with Gasteiger partial charge < -0.3 is 4.74 Å². The summed E-state index contributed by atoms with van der Waals surface area (Å²) in [7, 11) is 0. The number of ether oxygens (including phenoxy) is 1. The van der Waals surface area contributed by atoms with Gasteiger partial charge in [0.05, 0.1) is 6.04 Å². The first-order valence-electron chi connectivity index (χ1n) is 5.78. The summed E-state index contributed by atoms with van der Waals surface area (Å²) in [6.45, 7) is 10.1. The first-order valence-corrected chi connectivity index (χ1v) is 5.78. The fourth-order valence-electron chi connectivity index (χ4n) is 1.71. The highest BCUT2D eigenvalue weighted by Crippen LogP contribution is 2.30. The summed E-state index contributed by atoms with van der Waals surface area (Å²) in [6, 6.07) is -0.151. The van der Waals surface area contributed by atoms with Crippen LogP contribution in [0.15, 0.2) is 0 Å². The van der Waals surface area contributed by atoms with E-state index in [-0.39, 0.29) is 23.3 Å². The molecule has 0 unspecified atom stereocenters. The van der Waals surface area contributed by atoms with Gasteiger partial charge in [-0.15, -0.1) is 0 Å². The number of imide groups is 1. The lowest BCUT2D eigenvalue weighted by Gasteiger charge is -2.32. The maximum atomic E-state index is 12.1. The van der Waals surface area contributed by atoms with E-state index >= 15 is 0 Å². The zero-order chi connectivity index (χ0) is 12.5. The molecule has 2 amide bonds. The van der Waals surface area contributed by atoms with Crippen LogP contribution in [0.4, 0.5) is 4.79 Å². The summed E-state index contributed by atoms with van der Waals surface area (Å²) in [5.74, 6) is -0.250. The number of carbonyl (C=O) groups is 2. The van der Waals surface area contributed by atoms with Crippen molar-refractivity contribution in [1.29, 1.82) is 0 Å². The molecule has 16 heavy (non-hydrogen) atoms. The van der Waals surface area contributed by atoms with Crippen molar-refractivity contribution in [2.24, 2.45) is 11.3 Å². The summed E-state index contributed by atoms with van der Waals surface area (Å²) in [5.41, 5.74) is -0.144. The van der Waals surface area contributed by atoms with Crippen molar-refractivity contribution in [2.75, 3.05) is 6.61 Å². The van der Waals surface area contributed by atoms with Crippen molar-refractivity contribution >= 4 is 12.0 Å². The first-order chi connectivity index (χ1) is 7.29. The van der Waals surface area contributed by atoms with Crippen LogP contribution in [0.3, 0.4) is 0 Å². The van der Waals surface area contributed by atoms with E-state index in [1.165, 1.54) is 4.90 Å². The molecule has 0 aromatic heterocycles. The highest BCUT2D eigenvalue weighted by Gasteiger charge is 2.44. The Morgan fingerprint density at radius 3 is 2.56 bits per heavy atom. The Balaban J connectivity index is 2.90. The number of rotatable bonds is 2. The van der Waals surface area contributed by atoms with Gasteiger partial charge in [-0.05, 0) is 11.8 Å². The molecule has 0 bridgehead atoms. The standard InChI is InChI=1S/C12H21NO3/c1-6-8(2)10(14)13-9(12(3,4)5)7-16-11(13)15/h8-9H,6-7H2,1-5H3/t8-,9-/m1/s1. The monoisotopic (exact) mass is 227 g/mol. The molecule has 0 aromatic carbocycles. The summed E-state index contributed by atoms with van der Waals surface area (Å²) in [5, 5.41) is 0. The van der Waals surface area contributed by atoms with Crippen LogP contribution in [0.1, 0.15) is 41.0 Å². The molecule has 1 aliphatic rings. The summed E-state index contributed by atoms with van der Waals surface area (Å²) < 4.78 is 4.99. The van der Waals surface area contributed by atoms with Crippen molar-refractivity contribution in [2.45, 2.75) is 47.1 Å². The second-order valence-corrected chi connectivity index (χ2v) is 5.48. The Morgan fingerprint density at radius 2 is 2.12 bits per heavy atom. The molecule has 1 fully saturated rings. The number of cyclic esters (lactones) is 1. The Labute approximate surface area is 96.9 Å². The lowest BCUT2D eigenvalue weighted by Crippen LogP contribution is -2.47. The highest BCUT2D eigenvalue weighted by molar-refractivity contribution is 5.94. The van der Waals surface area contributed by atoms with Gasteiger partial charge in [0.15, 0.2) is 0 Å². The second-order valence-electron chi connectivity index (χ2n) is 5.48. The molecule has 1 heterocycles. The molecule has 4 heteroatoms. The van der Waals surface area contributed by atoms with E-state index in [1.54, 1.807) is 0 Å². The van der Waals surface area contributed by atoms with Crippen LogP contribution in [-0.2, 0) is 9.53 Å². The lowest BCUT2D eigenvalue weighted by molar-refractivity contribution is -0.134. The van der Waals surface area contributed by atoms with Crippen molar-refractivity contribution in [3.63, 3.8) is 0 Å². The molecule has 1 saturated heterocycles. The Hall–Kier alpha value is -1.06. The summed E-state index contributed by atoms with van der Waals surface area (Å²) >= 11 is 0. The molecule has 1 rings (SSSR count). The average molecular weight is 227 g/mol. The van der Waals surface area contributed by atoms with Gasteiger partial charge in [0.25, 0.3) is 0 Å². The molecule has 0 aromatic rings. The Bertz CT molecular complexity index is 293. The van der Waals surface area contributed by atoms with Gasteiger partial charge in [0.1, 0.15) is 6.61 Å². The van der Waals surface area contributed by atoms with E-state index in [0.717, 1.165) is 6.42 Å². The first kappa shape index (κ1) is 13.0. The minimum atomic E-state index is -0.495. The lowest BCUT2D eigenvalue weighted by atomic mass is 9.86. The summed E-state index contributed by atoms with van der Waals surface area (Å²) in [4.78, 5) is 24.9. The third kappa shape index (κ3) is 2.36.